The molecule has 1 atom stereocenters. The van der Waals surface area contributed by atoms with E-state index in [9.17, 15) is 4.79 Å². The number of rotatable bonds is 3. The summed E-state index contributed by atoms with van der Waals surface area (Å²) in [5.74, 6) is -0.313. The largest absolute Gasteiger partial charge is 0.366 e. The van der Waals surface area contributed by atoms with Crippen molar-refractivity contribution in [1.82, 2.24) is 15.1 Å². The highest BCUT2D eigenvalue weighted by Gasteiger charge is 2.15. The van der Waals surface area contributed by atoms with E-state index < -0.39 is 5.91 Å². The summed E-state index contributed by atoms with van der Waals surface area (Å²) in [4.78, 5) is 11.8. The van der Waals surface area contributed by atoms with Crippen molar-refractivity contribution in [3.05, 3.63) is 59.7 Å². The number of nitrogens with one attached hydrogen (secondary N) is 1. The van der Waals surface area contributed by atoms with E-state index in [1.807, 2.05) is 12.1 Å². The highest BCUT2D eigenvalue weighted by atomic mass is 16.1. The molecule has 1 fully saturated rings. The normalized spacial score (nSPS) is 19.7. The highest BCUT2D eigenvalue weighted by Crippen LogP contribution is 2.25. The van der Waals surface area contributed by atoms with Gasteiger partial charge in [0.1, 0.15) is 5.52 Å². The molecule has 2 aromatic carbocycles. The minimum absolute atomic E-state index is 0.116. The summed E-state index contributed by atoms with van der Waals surface area (Å²) >= 11 is 0. The van der Waals surface area contributed by atoms with Crippen molar-refractivity contribution in [3.8, 4) is 5.69 Å². The topological polar surface area (TPSA) is 72.9 Å². The number of carbonyl (C=O) groups is 1. The lowest BCUT2D eigenvalue weighted by Crippen LogP contribution is -2.28. The van der Waals surface area contributed by atoms with Gasteiger partial charge in [0.2, 0.25) is 0 Å². The molecule has 4 rings (SSSR count). The van der Waals surface area contributed by atoms with Crippen LogP contribution in [-0.4, -0.2) is 28.8 Å². The van der Waals surface area contributed by atoms with Crippen molar-refractivity contribution in [3.63, 3.8) is 0 Å². The smallest absolute Gasteiger partial charge is 0.250 e. The van der Waals surface area contributed by atoms with Crippen LogP contribution < -0.4 is 11.1 Å². The Bertz CT molecular complexity index is 1020. The number of primary amides is 1. The minimum atomic E-state index is -0.816. The summed E-state index contributed by atoms with van der Waals surface area (Å²) in [5, 5.41) is 8.14. The van der Waals surface area contributed by atoms with Gasteiger partial charge in [-0.2, -0.15) is 5.10 Å². The zero-order chi connectivity index (χ0) is 19.1. The second-order valence-corrected chi connectivity index (χ2v) is 6.09. The average Bonchev–Trinajstić information content (AvgIpc) is 3.12. The maximum Gasteiger partial charge on any atom is 0.250 e. The second-order valence-electron chi connectivity index (χ2n) is 6.09. The molecule has 122 valence electrons. The van der Waals surface area contributed by atoms with E-state index in [0.717, 1.165) is 18.8 Å². The van der Waals surface area contributed by atoms with E-state index in [1.165, 1.54) is 18.4 Å². The number of hydrogen-bond donors (Lipinski definition) is 2. The van der Waals surface area contributed by atoms with Gasteiger partial charge >= 0.3 is 0 Å². The summed E-state index contributed by atoms with van der Waals surface area (Å²) in [5.41, 5.74) is 7.52. The summed E-state index contributed by atoms with van der Waals surface area (Å²) < 4.78 is 25.5. The van der Waals surface area contributed by atoms with Gasteiger partial charge < -0.3 is 11.1 Å². The molecular formula is C19H20N4O. The van der Waals surface area contributed by atoms with Crippen molar-refractivity contribution in [2.24, 2.45) is 5.73 Å². The van der Waals surface area contributed by atoms with Crippen LogP contribution in [0.5, 0.6) is 0 Å². The molecule has 5 heteroatoms. The SMILES string of the molecule is [2H]c1c([2H])c(C(N)=O)c2nn(-c3ccc([C@H]4CCCNC4)cc3)cc2c1[2H]. The van der Waals surface area contributed by atoms with Crippen LogP contribution in [0, 0.1) is 0 Å². The summed E-state index contributed by atoms with van der Waals surface area (Å²) in [6.45, 7) is 2.05. The molecule has 24 heavy (non-hydrogen) atoms. The Morgan fingerprint density at radius 2 is 2.17 bits per heavy atom. The molecule has 5 nitrogen and oxygen atoms in total. The third-order valence-corrected chi connectivity index (χ3v) is 4.51. The van der Waals surface area contributed by atoms with Gasteiger partial charge in [0, 0.05) is 18.1 Å². The van der Waals surface area contributed by atoms with Crippen LogP contribution in [0.2, 0.25) is 0 Å². The molecule has 0 unspecified atom stereocenters. The van der Waals surface area contributed by atoms with E-state index in [2.05, 4.69) is 22.5 Å². The van der Waals surface area contributed by atoms with Gasteiger partial charge in [-0.1, -0.05) is 24.2 Å². The van der Waals surface area contributed by atoms with E-state index in [4.69, 9.17) is 9.85 Å². The van der Waals surface area contributed by atoms with Crippen molar-refractivity contribution in [1.29, 1.82) is 0 Å². The Morgan fingerprint density at radius 1 is 1.33 bits per heavy atom. The monoisotopic (exact) mass is 323 g/mol. The molecule has 1 saturated heterocycles. The third kappa shape index (κ3) is 2.67. The molecular weight excluding hydrogens is 300 g/mol. The number of piperidine rings is 1. The van der Waals surface area contributed by atoms with Crippen LogP contribution in [0.1, 0.15) is 38.8 Å². The first-order valence-electron chi connectivity index (χ1n) is 9.57. The number of amides is 1. The molecule has 0 spiro atoms. The van der Waals surface area contributed by atoms with Gasteiger partial charge in [-0.25, -0.2) is 4.68 Å². The number of carbonyl (C=O) groups excluding carboxylic acids is 1. The summed E-state index contributed by atoms with van der Waals surface area (Å²) in [6, 6.07) is 7.24. The zero-order valence-corrected chi connectivity index (χ0v) is 13.2. The molecule has 1 amide bonds. The van der Waals surface area contributed by atoms with Crippen molar-refractivity contribution < 1.29 is 8.91 Å². The Hall–Kier alpha value is -2.66. The van der Waals surface area contributed by atoms with Crippen molar-refractivity contribution in [2.45, 2.75) is 18.8 Å². The van der Waals surface area contributed by atoms with Gasteiger partial charge in [-0.05, 0) is 49.0 Å². The Morgan fingerprint density at radius 3 is 2.88 bits per heavy atom. The number of fused-ring (bicyclic) bond motifs is 1. The van der Waals surface area contributed by atoms with E-state index in [1.54, 1.807) is 10.9 Å². The molecule has 0 radical (unpaired) electrons. The first-order chi connectivity index (χ1) is 13.0. The van der Waals surface area contributed by atoms with E-state index in [-0.39, 0.29) is 29.2 Å². The highest BCUT2D eigenvalue weighted by molar-refractivity contribution is 6.04. The molecule has 1 aromatic heterocycles. The Labute approximate surface area is 144 Å². The quantitative estimate of drug-likeness (QED) is 0.778. The predicted molar refractivity (Wildman–Crippen MR) is 94.4 cm³/mol. The minimum Gasteiger partial charge on any atom is -0.366 e. The van der Waals surface area contributed by atoms with Gasteiger partial charge in [-0.3, -0.25) is 4.79 Å². The molecule has 1 aliphatic rings. The van der Waals surface area contributed by atoms with Crippen LogP contribution in [0.3, 0.4) is 0 Å². The maximum atomic E-state index is 11.8. The number of nitrogens with zero attached hydrogens (tertiary/aromatic N) is 2. The molecule has 2 heterocycles. The van der Waals surface area contributed by atoms with Crippen LogP contribution in [-0.2, 0) is 0 Å². The fourth-order valence-corrected chi connectivity index (χ4v) is 3.22. The van der Waals surface area contributed by atoms with Crippen LogP contribution in [0.15, 0.2) is 48.6 Å². The molecule has 0 saturated carbocycles. The maximum absolute atomic E-state index is 11.8. The molecule has 0 bridgehead atoms. The predicted octanol–water partition coefficient (Wildman–Crippen LogP) is 2.59. The second kappa shape index (κ2) is 6.09. The van der Waals surface area contributed by atoms with E-state index in [0.29, 0.717) is 11.3 Å². The standard InChI is InChI=1S/C19H20N4O/c20-19(24)17-5-1-3-15-12-23(22-18(15)17)16-8-6-13(7-9-16)14-4-2-10-21-11-14/h1,3,5-9,12,14,21H,2,4,10-11H2,(H2,20,24)/t14-/m0/s1/i1D,3D,5D. The first kappa shape index (κ1) is 11.8. The van der Waals surface area contributed by atoms with Gasteiger partial charge in [0.15, 0.2) is 0 Å². The van der Waals surface area contributed by atoms with E-state index >= 15 is 0 Å². The lowest BCUT2D eigenvalue weighted by Gasteiger charge is -2.23. The van der Waals surface area contributed by atoms with Crippen LogP contribution in [0.4, 0.5) is 0 Å². The first-order valence-corrected chi connectivity index (χ1v) is 8.07. The number of hydrogen-bond acceptors (Lipinski definition) is 3. The molecule has 3 aromatic rings. The number of benzene rings is 2. The molecule has 3 N–H and O–H groups in total. The summed E-state index contributed by atoms with van der Waals surface area (Å²) in [6.07, 6.45) is 3.95. The van der Waals surface area contributed by atoms with Crippen LogP contribution >= 0.6 is 0 Å². The lowest BCUT2D eigenvalue weighted by molar-refractivity contribution is 0.100. The lowest BCUT2D eigenvalue weighted by atomic mass is 9.92. The van der Waals surface area contributed by atoms with Crippen molar-refractivity contribution in [2.75, 3.05) is 13.1 Å². The molecule has 1 aliphatic heterocycles. The Kier molecular flexibility index (Phi) is 3.00. The van der Waals surface area contributed by atoms with Gasteiger partial charge in [-0.15, -0.1) is 0 Å². The van der Waals surface area contributed by atoms with Gasteiger partial charge in [0.25, 0.3) is 5.91 Å². The average molecular weight is 323 g/mol. The zero-order valence-electron chi connectivity index (χ0n) is 16.2. The van der Waals surface area contributed by atoms with Crippen LogP contribution in [0.25, 0.3) is 16.6 Å². The van der Waals surface area contributed by atoms with Crippen molar-refractivity contribution >= 4 is 16.8 Å². The third-order valence-electron chi connectivity index (χ3n) is 4.51. The fourth-order valence-electron chi connectivity index (χ4n) is 3.22. The summed E-state index contributed by atoms with van der Waals surface area (Å²) in [7, 11) is 0. The fraction of sp³-hybridized carbons (Fsp3) is 0.263. The molecule has 0 aliphatic carbocycles. The number of aromatic nitrogens is 2. The van der Waals surface area contributed by atoms with Gasteiger partial charge in [0.05, 0.1) is 15.4 Å². The number of nitrogens with two attached hydrogens (primary N) is 1. The Balaban J connectivity index is 1.77.